The molecule has 30 heavy (non-hydrogen) atoms. The lowest BCUT2D eigenvalue weighted by Gasteiger charge is -2.23. The summed E-state index contributed by atoms with van der Waals surface area (Å²) in [5, 5.41) is 18.4. The molecule has 0 aliphatic carbocycles. The van der Waals surface area contributed by atoms with Gasteiger partial charge in [0.05, 0.1) is 12.5 Å². The van der Waals surface area contributed by atoms with E-state index in [9.17, 15) is 19.5 Å². The number of nitrogens with one attached hydrogen (secondary N) is 2. The molecule has 1 amide bonds. The summed E-state index contributed by atoms with van der Waals surface area (Å²) in [5.74, 6) is -2.00. The van der Waals surface area contributed by atoms with Gasteiger partial charge in [0.2, 0.25) is 0 Å². The third-order valence-corrected chi connectivity index (χ3v) is 6.39. The molecule has 0 saturated carbocycles. The number of carbonyl (C=O) groups excluding carboxylic acids is 2. The number of methoxy groups -OCH3 is 1. The fourth-order valence-electron chi connectivity index (χ4n) is 3.36. The first-order valence-corrected chi connectivity index (χ1v) is 10.1. The molecule has 2 heterocycles. The molecule has 0 bridgehead atoms. The second kappa shape index (κ2) is 8.49. The number of benzene rings is 1. The summed E-state index contributed by atoms with van der Waals surface area (Å²) in [4.78, 5) is 37.1. The van der Waals surface area contributed by atoms with Gasteiger partial charge in [0.1, 0.15) is 23.1 Å². The van der Waals surface area contributed by atoms with Crippen molar-refractivity contribution in [3.05, 3.63) is 41.7 Å². The van der Waals surface area contributed by atoms with Crippen molar-refractivity contribution in [2.75, 3.05) is 7.11 Å². The summed E-state index contributed by atoms with van der Waals surface area (Å²) in [6, 6.07) is 7.03. The Hall–Kier alpha value is -2.85. The van der Waals surface area contributed by atoms with Crippen LogP contribution in [-0.2, 0) is 14.3 Å². The number of hydrogen-bond acceptors (Lipinski definition) is 8. The van der Waals surface area contributed by atoms with E-state index in [1.54, 1.807) is 32.9 Å². The third kappa shape index (κ3) is 4.19. The maximum absolute atomic E-state index is 13.1. The maximum atomic E-state index is 13.1. The molecule has 3 rings (SSSR count). The number of hydrogen-bond donors (Lipinski definition) is 3. The predicted molar refractivity (Wildman–Crippen MR) is 110 cm³/mol. The number of carbonyl (C=O) groups is 3. The summed E-state index contributed by atoms with van der Waals surface area (Å²) in [5.41, 5.74) is 1.24. The van der Waals surface area contributed by atoms with Crippen LogP contribution in [0.25, 0.3) is 11.3 Å². The fraction of sp³-hybridized carbons (Fsp3) is 0.400. The van der Waals surface area contributed by atoms with Crippen molar-refractivity contribution in [1.29, 1.82) is 0 Å². The summed E-state index contributed by atoms with van der Waals surface area (Å²) in [7, 11) is 1.21. The highest BCUT2D eigenvalue weighted by molar-refractivity contribution is 8.01. The van der Waals surface area contributed by atoms with E-state index in [1.165, 1.54) is 18.9 Å². The van der Waals surface area contributed by atoms with Gasteiger partial charge in [-0.1, -0.05) is 35.5 Å². The van der Waals surface area contributed by atoms with Gasteiger partial charge in [-0.3, -0.25) is 14.9 Å². The SMILES string of the molecule is COC(=O)C(NC(=O)c1c(-c2ccccc2)noc1C)C1N[C@@H](C(=O)O)C(C)(C)S1. The molecular weight excluding hydrogens is 410 g/mol. The smallest absolute Gasteiger partial charge is 0.330 e. The standard InChI is InChI=1S/C20H23N3O6S/c1-10-12(13(23-29-10)11-8-6-5-7-9-11)16(24)21-14(19(27)28-4)17-22-15(18(25)26)20(2,3)30-17/h5-9,14-15,17,22H,1-4H3,(H,21,24)(H,25,26)/t14?,15-,17?/m0/s1. The lowest BCUT2D eigenvalue weighted by atomic mass is 10.0. The molecule has 1 aliphatic heterocycles. The molecule has 0 spiro atoms. The van der Waals surface area contributed by atoms with Gasteiger partial charge in [-0.2, -0.15) is 0 Å². The highest BCUT2D eigenvalue weighted by atomic mass is 32.2. The number of aryl methyl sites for hydroxylation is 1. The van der Waals surface area contributed by atoms with Gasteiger partial charge in [0.25, 0.3) is 5.91 Å². The third-order valence-electron chi connectivity index (χ3n) is 4.89. The minimum atomic E-state index is -1.12. The molecule has 3 atom stereocenters. The predicted octanol–water partition coefficient (Wildman–Crippen LogP) is 1.82. The number of esters is 1. The zero-order valence-corrected chi connectivity index (χ0v) is 17.8. The number of carboxylic acid groups (broad SMARTS) is 1. The fourth-order valence-corrected chi connectivity index (χ4v) is 4.84. The monoisotopic (exact) mass is 433 g/mol. The minimum Gasteiger partial charge on any atom is -0.480 e. The van der Waals surface area contributed by atoms with Crippen LogP contribution in [0.2, 0.25) is 0 Å². The van der Waals surface area contributed by atoms with Gasteiger partial charge < -0.3 is 19.7 Å². The van der Waals surface area contributed by atoms with Gasteiger partial charge in [0, 0.05) is 10.3 Å². The zero-order valence-electron chi connectivity index (χ0n) is 17.0. The van der Waals surface area contributed by atoms with Crippen molar-refractivity contribution in [2.24, 2.45) is 0 Å². The van der Waals surface area contributed by atoms with Crippen LogP contribution in [0.5, 0.6) is 0 Å². The van der Waals surface area contributed by atoms with E-state index in [4.69, 9.17) is 9.26 Å². The van der Waals surface area contributed by atoms with Crippen LogP contribution in [0.3, 0.4) is 0 Å². The number of rotatable bonds is 6. The van der Waals surface area contributed by atoms with E-state index in [0.717, 1.165) is 0 Å². The molecular formula is C20H23N3O6S. The molecule has 1 saturated heterocycles. The van der Waals surface area contributed by atoms with Gasteiger partial charge in [-0.25, -0.2) is 4.79 Å². The number of amides is 1. The molecule has 3 N–H and O–H groups in total. The normalized spacial score (nSPS) is 21.1. The van der Waals surface area contributed by atoms with Crippen LogP contribution < -0.4 is 10.6 Å². The largest absolute Gasteiger partial charge is 0.480 e. The Morgan fingerprint density at radius 2 is 1.97 bits per heavy atom. The molecule has 1 fully saturated rings. The van der Waals surface area contributed by atoms with Crippen molar-refractivity contribution < 1.29 is 28.8 Å². The van der Waals surface area contributed by atoms with Gasteiger partial charge in [-0.15, -0.1) is 11.8 Å². The molecule has 0 radical (unpaired) electrons. The Morgan fingerprint density at radius 3 is 2.53 bits per heavy atom. The molecule has 1 aromatic carbocycles. The van der Waals surface area contributed by atoms with Crippen molar-refractivity contribution in [3.63, 3.8) is 0 Å². The number of aromatic nitrogens is 1. The first kappa shape index (κ1) is 21.8. The Bertz CT molecular complexity index is 959. The molecule has 1 aliphatic rings. The lowest BCUT2D eigenvalue weighted by molar-refractivity contribution is -0.144. The van der Waals surface area contributed by atoms with E-state index in [0.29, 0.717) is 17.0 Å². The van der Waals surface area contributed by atoms with Crippen molar-refractivity contribution >= 4 is 29.6 Å². The van der Waals surface area contributed by atoms with E-state index in [-0.39, 0.29) is 5.56 Å². The van der Waals surface area contributed by atoms with E-state index < -0.39 is 40.1 Å². The zero-order chi connectivity index (χ0) is 22.1. The Balaban J connectivity index is 1.89. The summed E-state index contributed by atoms with van der Waals surface area (Å²) in [6.07, 6.45) is 0. The van der Waals surface area contributed by atoms with Crippen LogP contribution in [0, 0.1) is 6.92 Å². The van der Waals surface area contributed by atoms with Crippen LogP contribution in [-0.4, -0.2) is 57.4 Å². The van der Waals surface area contributed by atoms with Crippen molar-refractivity contribution in [2.45, 2.75) is 43.0 Å². The van der Waals surface area contributed by atoms with Crippen molar-refractivity contribution in [3.8, 4) is 11.3 Å². The molecule has 160 valence electrons. The second-order valence-electron chi connectivity index (χ2n) is 7.38. The minimum absolute atomic E-state index is 0.201. The lowest BCUT2D eigenvalue weighted by Crippen LogP contribution is -2.54. The van der Waals surface area contributed by atoms with E-state index in [1.807, 2.05) is 18.2 Å². The Kier molecular flexibility index (Phi) is 6.18. The van der Waals surface area contributed by atoms with Crippen LogP contribution >= 0.6 is 11.8 Å². The molecule has 9 nitrogen and oxygen atoms in total. The highest BCUT2D eigenvalue weighted by Crippen LogP contribution is 2.39. The number of thioether (sulfide) groups is 1. The van der Waals surface area contributed by atoms with Crippen LogP contribution in [0.4, 0.5) is 0 Å². The number of aliphatic carboxylic acids is 1. The maximum Gasteiger partial charge on any atom is 0.330 e. The second-order valence-corrected chi connectivity index (χ2v) is 9.18. The van der Waals surface area contributed by atoms with Crippen LogP contribution in [0.1, 0.15) is 30.0 Å². The number of carboxylic acids is 1. The van der Waals surface area contributed by atoms with Crippen LogP contribution in [0.15, 0.2) is 34.9 Å². The topological polar surface area (TPSA) is 131 Å². The summed E-state index contributed by atoms with van der Waals surface area (Å²) in [6.45, 7) is 5.13. The van der Waals surface area contributed by atoms with Gasteiger partial charge >= 0.3 is 11.9 Å². The highest BCUT2D eigenvalue weighted by Gasteiger charge is 2.49. The molecule has 2 unspecified atom stereocenters. The van der Waals surface area contributed by atoms with E-state index >= 15 is 0 Å². The molecule has 1 aromatic heterocycles. The Labute approximate surface area is 177 Å². The Morgan fingerprint density at radius 1 is 1.30 bits per heavy atom. The average molecular weight is 433 g/mol. The van der Waals surface area contributed by atoms with Crippen molar-refractivity contribution in [1.82, 2.24) is 15.8 Å². The average Bonchev–Trinajstić information content (AvgIpc) is 3.25. The number of ether oxygens (including phenoxy) is 1. The molecule has 2 aromatic rings. The van der Waals surface area contributed by atoms with E-state index in [2.05, 4.69) is 15.8 Å². The van der Waals surface area contributed by atoms with Gasteiger partial charge in [-0.05, 0) is 20.8 Å². The quantitative estimate of drug-likeness (QED) is 0.584. The first-order chi connectivity index (χ1) is 14.2. The summed E-state index contributed by atoms with van der Waals surface area (Å²) < 4.78 is 9.38. The number of nitrogens with zero attached hydrogens (tertiary/aromatic N) is 1. The summed E-state index contributed by atoms with van der Waals surface area (Å²) >= 11 is 1.25. The molecule has 10 heteroatoms. The first-order valence-electron chi connectivity index (χ1n) is 9.22. The van der Waals surface area contributed by atoms with Gasteiger partial charge in [0.15, 0.2) is 6.04 Å².